The van der Waals surface area contributed by atoms with Crippen LogP contribution in [0.1, 0.15) is 64.7 Å². The third-order valence-electron chi connectivity index (χ3n) is 3.23. The van der Waals surface area contributed by atoms with Gasteiger partial charge in [0.05, 0.1) is 0 Å². The number of nitrogens with two attached hydrogens (primary N) is 1. The van der Waals surface area contributed by atoms with E-state index in [1.165, 1.54) is 57.8 Å². The maximum absolute atomic E-state index is 5.54. The summed E-state index contributed by atoms with van der Waals surface area (Å²) in [5, 5.41) is 0. The van der Waals surface area contributed by atoms with E-state index >= 15 is 0 Å². The van der Waals surface area contributed by atoms with Crippen molar-refractivity contribution >= 4 is 0 Å². The van der Waals surface area contributed by atoms with Crippen molar-refractivity contribution < 1.29 is 0 Å². The summed E-state index contributed by atoms with van der Waals surface area (Å²) in [5.74, 6) is 5.54. The fourth-order valence-corrected chi connectivity index (χ4v) is 2.19. The maximum Gasteiger partial charge on any atom is 0.0337 e. The van der Waals surface area contributed by atoms with Crippen LogP contribution >= 0.6 is 0 Å². The lowest BCUT2D eigenvalue weighted by molar-refractivity contribution is 0.322. The lowest BCUT2D eigenvalue weighted by Crippen LogP contribution is -2.42. The molecular weight excluding hydrogens is 210 g/mol. The van der Waals surface area contributed by atoms with Crippen LogP contribution in [0.25, 0.3) is 0 Å². The number of hydrazine groups is 1. The van der Waals surface area contributed by atoms with Crippen LogP contribution < -0.4 is 11.3 Å². The Morgan fingerprint density at radius 1 is 0.941 bits per heavy atom. The van der Waals surface area contributed by atoms with Gasteiger partial charge >= 0.3 is 0 Å². The Bertz CT molecular complexity index is 148. The number of likely N-dealkylation sites (N-methyl/N-ethyl adjacent to an activating group) is 1. The second-order valence-electron chi connectivity index (χ2n) is 5.39. The minimum Gasteiger partial charge on any atom is -0.308 e. The number of nitrogens with zero attached hydrogens (tertiary/aromatic N) is 1. The Labute approximate surface area is 108 Å². The fourth-order valence-electron chi connectivity index (χ4n) is 2.19. The molecule has 0 aromatic rings. The molecule has 1 unspecified atom stereocenters. The van der Waals surface area contributed by atoms with Crippen molar-refractivity contribution in [2.24, 2.45) is 5.84 Å². The average Bonchev–Trinajstić information content (AvgIpc) is 2.30. The first-order valence-corrected chi connectivity index (χ1v) is 7.31. The SMILES string of the molecule is CCCCCCCCCCC(CN(C)C)NN. The van der Waals surface area contributed by atoms with Crippen molar-refractivity contribution in [3.8, 4) is 0 Å². The number of nitrogens with one attached hydrogen (secondary N) is 1. The summed E-state index contributed by atoms with van der Waals surface area (Å²) in [4.78, 5) is 2.19. The Morgan fingerprint density at radius 3 is 1.94 bits per heavy atom. The summed E-state index contributed by atoms with van der Waals surface area (Å²) < 4.78 is 0. The molecule has 0 aliphatic carbocycles. The number of hydrogen-bond donors (Lipinski definition) is 2. The minimum atomic E-state index is 0.449. The van der Waals surface area contributed by atoms with E-state index < -0.39 is 0 Å². The van der Waals surface area contributed by atoms with Gasteiger partial charge in [-0.05, 0) is 20.5 Å². The molecule has 0 aliphatic heterocycles. The molecule has 3 N–H and O–H groups in total. The van der Waals surface area contributed by atoms with E-state index in [9.17, 15) is 0 Å². The lowest BCUT2D eigenvalue weighted by Gasteiger charge is -2.19. The quantitative estimate of drug-likeness (QED) is 0.315. The van der Waals surface area contributed by atoms with Gasteiger partial charge in [0.1, 0.15) is 0 Å². The summed E-state index contributed by atoms with van der Waals surface area (Å²) in [6.07, 6.45) is 12.2. The number of unbranched alkanes of at least 4 members (excludes halogenated alkanes) is 7. The molecule has 0 heterocycles. The van der Waals surface area contributed by atoms with E-state index in [2.05, 4.69) is 31.3 Å². The molecule has 0 radical (unpaired) electrons. The van der Waals surface area contributed by atoms with Crippen molar-refractivity contribution in [2.75, 3.05) is 20.6 Å². The molecule has 0 aromatic heterocycles. The zero-order valence-electron chi connectivity index (χ0n) is 12.2. The van der Waals surface area contributed by atoms with Crippen LogP contribution in [0.15, 0.2) is 0 Å². The molecule has 3 nitrogen and oxygen atoms in total. The van der Waals surface area contributed by atoms with E-state index in [4.69, 9.17) is 5.84 Å². The van der Waals surface area contributed by atoms with Crippen LogP contribution in [-0.2, 0) is 0 Å². The van der Waals surface area contributed by atoms with Gasteiger partial charge in [0.2, 0.25) is 0 Å². The standard InChI is InChI=1S/C14H33N3/c1-4-5-6-7-8-9-10-11-12-14(16-15)13-17(2)3/h14,16H,4-13,15H2,1-3H3. The molecule has 3 heteroatoms. The predicted octanol–water partition coefficient (Wildman–Crippen LogP) is 2.91. The second-order valence-corrected chi connectivity index (χ2v) is 5.39. The monoisotopic (exact) mass is 243 g/mol. The Kier molecular flexibility index (Phi) is 12.3. The fraction of sp³-hybridized carbons (Fsp3) is 1.00. The van der Waals surface area contributed by atoms with Crippen LogP contribution in [0.5, 0.6) is 0 Å². The largest absolute Gasteiger partial charge is 0.308 e. The zero-order chi connectivity index (χ0) is 12.9. The lowest BCUT2D eigenvalue weighted by atomic mass is 10.0. The normalized spacial score (nSPS) is 13.2. The Hall–Kier alpha value is -0.120. The van der Waals surface area contributed by atoms with Crippen LogP contribution in [0.2, 0.25) is 0 Å². The van der Waals surface area contributed by atoms with Crippen LogP contribution in [0, 0.1) is 0 Å². The van der Waals surface area contributed by atoms with Crippen molar-refractivity contribution in [3.63, 3.8) is 0 Å². The first-order valence-electron chi connectivity index (χ1n) is 7.31. The summed E-state index contributed by atoms with van der Waals surface area (Å²) in [6, 6.07) is 0.449. The second kappa shape index (κ2) is 12.3. The molecule has 0 saturated carbocycles. The predicted molar refractivity (Wildman–Crippen MR) is 76.9 cm³/mol. The molecule has 0 rings (SSSR count). The average molecular weight is 243 g/mol. The van der Waals surface area contributed by atoms with E-state index in [1.807, 2.05) is 0 Å². The third-order valence-corrected chi connectivity index (χ3v) is 3.23. The van der Waals surface area contributed by atoms with E-state index in [1.54, 1.807) is 0 Å². The summed E-state index contributed by atoms with van der Waals surface area (Å²) in [6.45, 7) is 3.30. The van der Waals surface area contributed by atoms with Crippen LogP contribution in [-0.4, -0.2) is 31.6 Å². The summed E-state index contributed by atoms with van der Waals surface area (Å²) in [7, 11) is 4.19. The van der Waals surface area contributed by atoms with Crippen molar-refractivity contribution in [2.45, 2.75) is 70.8 Å². The highest BCUT2D eigenvalue weighted by Gasteiger charge is 2.06. The molecule has 0 amide bonds. The van der Waals surface area contributed by atoms with Crippen molar-refractivity contribution in [1.82, 2.24) is 10.3 Å². The molecule has 0 bridgehead atoms. The van der Waals surface area contributed by atoms with Crippen molar-refractivity contribution in [3.05, 3.63) is 0 Å². The molecular formula is C14H33N3. The van der Waals surface area contributed by atoms with Crippen LogP contribution in [0.3, 0.4) is 0 Å². The van der Waals surface area contributed by atoms with E-state index in [0.29, 0.717) is 6.04 Å². The highest BCUT2D eigenvalue weighted by Crippen LogP contribution is 2.10. The molecule has 0 saturated heterocycles. The molecule has 104 valence electrons. The molecule has 0 spiro atoms. The molecule has 0 fully saturated rings. The van der Waals surface area contributed by atoms with Crippen LogP contribution in [0.4, 0.5) is 0 Å². The van der Waals surface area contributed by atoms with Gasteiger partial charge in [-0.15, -0.1) is 0 Å². The van der Waals surface area contributed by atoms with Gasteiger partial charge in [0, 0.05) is 12.6 Å². The number of hydrogen-bond acceptors (Lipinski definition) is 3. The van der Waals surface area contributed by atoms with Gasteiger partial charge in [-0.25, -0.2) is 0 Å². The van der Waals surface area contributed by atoms with Gasteiger partial charge in [0.15, 0.2) is 0 Å². The van der Waals surface area contributed by atoms with Gasteiger partial charge in [-0.3, -0.25) is 11.3 Å². The molecule has 0 aromatic carbocycles. The summed E-state index contributed by atoms with van der Waals surface area (Å²) in [5.41, 5.74) is 2.91. The van der Waals surface area contributed by atoms with Gasteiger partial charge < -0.3 is 4.90 Å². The minimum absolute atomic E-state index is 0.449. The summed E-state index contributed by atoms with van der Waals surface area (Å²) >= 11 is 0. The van der Waals surface area contributed by atoms with Gasteiger partial charge in [0.25, 0.3) is 0 Å². The van der Waals surface area contributed by atoms with E-state index in [-0.39, 0.29) is 0 Å². The Morgan fingerprint density at radius 2 is 1.47 bits per heavy atom. The topological polar surface area (TPSA) is 41.3 Å². The first-order chi connectivity index (χ1) is 8.20. The third kappa shape index (κ3) is 12.1. The smallest absolute Gasteiger partial charge is 0.0337 e. The highest BCUT2D eigenvalue weighted by atomic mass is 15.3. The zero-order valence-corrected chi connectivity index (χ0v) is 12.2. The molecule has 0 aliphatic rings. The highest BCUT2D eigenvalue weighted by molar-refractivity contribution is 4.66. The number of rotatable bonds is 12. The molecule has 17 heavy (non-hydrogen) atoms. The molecule has 1 atom stereocenters. The van der Waals surface area contributed by atoms with Gasteiger partial charge in [-0.2, -0.15) is 0 Å². The maximum atomic E-state index is 5.54. The van der Waals surface area contributed by atoms with Crippen molar-refractivity contribution in [1.29, 1.82) is 0 Å². The first kappa shape index (κ1) is 16.9. The van der Waals surface area contributed by atoms with Gasteiger partial charge in [-0.1, -0.05) is 58.3 Å². The van der Waals surface area contributed by atoms with E-state index in [0.717, 1.165) is 6.54 Å². The Balaban J connectivity index is 3.25.